The lowest BCUT2D eigenvalue weighted by Crippen LogP contribution is -2.15. The Morgan fingerprint density at radius 1 is 1.41 bits per heavy atom. The molecule has 1 aromatic heterocycles. The Kier molecular flexibility index (Phi) is 3.25. The van der Waals surface area contributed by atoms with Gasteiger partial charge in [0.05, 0.1) is 5.75 Å². The quantitative estimate of drug-likeness (QED) is 0.809. The fraction of sp³-hybridized carbons (Fsp3) is 0.111. The van der Waals surface area contributed by atoms with Crippen LogP contribution in [0.2, 0.25) is 0 Å². The van der Waals surface area contributed by atoms with Gasteiger partial charge in [0.15, 0.2) is 0 Å². The van der Waals surface area contributed by atoms with Crippen molar-refractivity contribution >= 4 is 32.2 Å². The lowest BCUT2D eigenvalue weighted by Gasteiger charge is -2.05. The van der Waals surface area contributed by atoms with Crippen molar-refractivity contribution < 1.29 is 8.42 Å². The molecule has 1 heterocycles. The van der Waals surface area contributed by atoms with E-state index in [2.05, 4.69) is 14.9 Å². The van der Waals surface area contributed by atoms with Gasteiger partial charge in [0.1, 0.15) is 5.51 Å². The highest BCUT2D eigenvalue weighted by Crippen LogP contribution is 2.15. The van der Waals surface area contributed by atoms with Gasteiger partial charge in [0, 0.05) is 5.69 Å². The Morgan fingerprint density at radius 3 is 2.88 bits per heavy atom. The van der Waals surface area contributed by atoms with Crippen molar-refractivity contribution in [3.05, 3.63) is 35.3 Å². The first kappa shape index (κ1) is 11.8. The molecule has 0 radical (unpaired) electrons. The summed E-state index contributed by atoms with van der Waals surface area (Å²) in [7, 11) is -3.47. The van der Waals surface area contributed by atoms with Crippen LogP contribution in [0.1, 0.15) is 5.56 Å². The van der Waals surface area contributed by atoms with Gasteiger partial charge in [-0.2, -0.15) is 0 Å². The van der Waals surface area contributed by atoms with Crippen molar-refractivity contribution in [2.45, 2.75) is 5.75 Å². The predicted molar refractivity (Wildman–Crippen MR) is 67.0 cm³/mol. The van der Waals surface area contributed by atoms with Crippen molar-refractivity contribution in [1.29, 1.82) is 0 Å². The number of aromatic nitrogens is 2. The first-order valence-electron chi connectivity index (χ1n) is 4.66. The summed E-state index contributed by atoms with van der Waals surface area (Å²) in [6, 6.07) is 6.74. The number of anilines is 2. The van der Waals surface area contributed by atoms with Crippen molar-refractivity contribution in [3.63, 3.8) is 0 Å². The minimum atomic E-state index is -3.47. The number of hydrogen-bond donors (Lipinski definition) is 2. The summed E-state index contributed by atoms with van der Waals surface area (Å²) in [5, 5.41) is 7.42. The number of hydrogen-bond acceptors (Lipinski definition) is 6. The zero-order valence-corrected chi connectivity index (χ0v) is 10.3. The van der Waals surface area contributed by atoms with E-state index in [1.54, 1.807) is 24.3 Å². The molecule has 0 spiro atoms. The molecular formula is C9H10N4O2S2. The van der Waals surface area contributed by atoms with Crippen LogP contribution in [0.4, 0.5) is 10.8 Å². The van der Waals surface area contributed by atoms with Crippen LogP contribution in [0.5, 0.6) is 0 Å². The molecule has 0 aliphatic heterocycles. The molecule has 0 amide bonds. The van der Waals surface area contributed by atoms with Crippen LogP contribution in [0, 0.1) is 0 Å². The monoisotopic (exact) mass is 270 g/mol. The van der Waals surface area contributed by atoms with E-state index in [0.717, 1.165) is 11.3 Å². The summed E-state index contributed by atoms with van der Waals surface area (Å²) >= 11 is 1.13. The molecule has 2 aromatic rings. The standard InChI is InChI=1S/C9H10N4O2S2/c10-8-3-1-2-7(4-8)5-17(14,15)13-9-12-11-6-16-9/h1-4,6H,5,10H2,(H,12,13). The van der Waals surface area contributed by atoms with E-state index in [9.17, 15) is 8.42 Å². The molecular weight excluding hydrogens is 260 g/mol. The minimum Gasteiger partial charge on any atom is -0.399 e. The van der Waals surface area contributed by atoms with Gasteiger partial charge in [0.2, 0.25) is 15.2 Å². The predicted octanol–water partition coefficient (Wildman–Crippen LogP) is 1.06. The van der Waals surface area contributed by atoms with Crippen molar-refractivity contribution in [2.24, 2.45) is 0 Å². The summed E-state index contributed by atoms with van der Waals surface area (Å²) in [6.45, 7) is 0. The minimum absolute atomic E-state index is 0.141. The molecule has 0 saturated heterocycles. The molecule has 0 aliphatic rings. The average Bonchev–Trinajstić information content (AvgIpc) is 2.68. The molecule has 2 rings (SSSR count). The molecule has 6 nitrogen and oxygen atoms in total. The van der Waals surface area contributed by atoms with Crippen LogP contribution in [0.15, 0.2) is 29.8 Å². The van der Waals surface area contributed by atoms with Gasteiger partial charge in [-0.25, -0.2) is 8.42 Å². The highest BCUT2D eigenvalue weighted by molar-refractivity contribution is 7.92. The van der Waals surface area contributed by atoms with E-state index in [4.69, 9.17) is 5.73 Å². The highest BCUT2D eigenvalue weighted by atomic mass is 32.2. The lowest BCUT2D eigenvalue weighted by molar-refractivity contribution is 0.600. The van der Waals surface area contributed by atoms with Gasteiger partial charge >= 0.3 is 0 Å². The maximum atomic E-state index is 11.8. The first-order chi connectivity index (χ1) is 8.05. The van der Waals surface area contributed by atoms with Crippen molar-refractivity contribution in [2.75, 3.05) is 10.5 Å². The maximum Gasteiger partial charge on any atom is 0.238 e. The second-order valence-electron chi connectivity index (χ2n) is 3.35. The Morgan fingerprint density at radius 2 is 2.24 bits per heavy atom. The second kappa shape index (κ2) is 4.68. The SMILES string of the molecule is Nc1cccc(CS(=O)(=O)Nc2nncs2)c1. The smallest absolute Gasteiger partial charge is 0.238 e. The number of nitrogen functional groups attached to an aromatic ring is 1. The third-order valence-electron chi connectivity index (χ3n) is 1.91. The largest absolute Gasteiger partial charge is 0.399 e. The van der Waals surface area contributed by atoms with Gasteiger partial charge in [-0.15, -0.1) is 10.2 Å². The van der Waals surface area contributed by atoms with Crippen LogP contribution in [0.25, 0.3) is 0 Å². The Bertz CT molecular complexity index is 595. The third-order valence-corrected chi connectivity index (χ3v) is 3.86. The molecule has 17 heavy (non-hydrogen) atoms. The van der Waals surface area contributed by atoms with Gasteiger partial charge in [-0.1, -0.05) is 23.5 Å². The van der Waals surface area contributed by atoms with Crippen LogP contribution in [-0.4, -0.2) is 18.6 Å². The van der Waals surface area contributed by atoms with E-state index in [1.807, 2.05) is 0 Å². The normalized spacial score (nSPS) is 11.3. The Hall–Kier alpha value is -1.67. The molecule has 8 heteroatoms. The number of nitrogens with one attached hydrogen (secondary N) is 1. The van der Waals surface area contributed by atoms with Crippen molar-refractivity contribution in [1.82, 2.24) is 10.2 Å². The number of rotatable bonds is 4. The topological polar surface area (TPSA) is 98.0 Å². The number of sulfonamides is 1. The summed E-state index contributed by atoms with van der Waals surface area (Å²) < 4.78 is 25.9. The van der Waals surface area contributed by atoms with E-state index in [1.165, 1.54) is 5.51 Å². The molecule has 0 bridgehead atoms. The molecule has 1 aromatic carbocycles. The van der Waals surface area contributed by atoms with Crippen LogP contribution in [-0.2, 0) is 15.8 Å². The van der Waals surface area contributed by atoms with Gasteiger partial charge < -0.3 is 5.73 Å². The molecule has 0 unspecified atom stereocenters. The van der Waals surface area contributed by atoms with Crippen LogP contribution >= 0.6 is 11.3 Å². The third kappa shape index (κ3) is 3.40. The van der Waals surface area contributed by atoms with E-state index in [0.29, 0.717) is 11.3 Å². The lowest BCUT2D eigenvalue weighted by atomic mass is 10.2. The molecule has 0 fully saturated rings. The fourth-order valence-corrected chi connectivity index (χ4v) is 3.15. The molecule has 3 N–H and O–H groups in total. The number of nitrogens with two attached hydrogens (primary N) is 1. The van der Waals surface area contributed by atoms with Gasteiger partial charge in [-0.05, 0) is 17.7 Å². The van der Waals surface area contributed by atoms with Crippen LogP contribution < -0.4 is 10.5 Å². The van der Waals surface area contributed by atoms with Crippen molar-refractivity contribution in [3.8, 4) is 0 Å². The molecule has 0 aliphatic carbocycles. The first-order valence-corrected chi connectivity index (χ1v) is 7.19. The highest BCUT2D eigenvalue weighted by Gasteiger charge is 2.13. The van der Waals surface area contributed by atoms with E-state index < -0.39 is 10.0 Å². The van der Waals surface area contributed by atoms with Gasteiger partial charge in [-0.3, -0.25) is 4.72 Å². The Balaban J connectivity index is 2.12. The summed E-state index contributed by atoms with van der Waals surface area (Å²) in [5.41, 5.74) is 8.20. The van der Waals surface area contributed by atoms with E-state index >= 15 is 0 Å². The summed E-state index contributed by atoms with van der Waals surface area (Å²) in [5.74, 6) is -0.141. The zero-order valence-electron chi connectivity index (χ0n) is 8.70. The fourth-order valence-electron chi connectivity index (χ4n) is 1.29. The van der Waals surface area contributed by atoms with Gasteiger partial charge in [0.25, 0.3) is 0 Å². The molecule has 0 saturated carbocycles. The second-order valence-corrected chi connectivity index (χ2v) is 5.91. The van der Waals surface area contributed by atoms with Crippen LogP contribution in [0.3, 0.4) is 0 Å². The maximum absolute atomic E-state index is 11.8. The zero-order chi connectivity index (χ0) is 12.3. The molecule has 90 valence electrons. The van der Waals surface area contributed by atoms with E-state index in [-0.39, 0.29) is 10.9 Å². The Labute approximate surface area is 103 Å². The molecule has 0 atom stereocenters. The number of nitrogens with zero attached hydrogens (tertiary/aromatic N) is 2. The summed E-state index contributed by atoms with van der Waals surface area (Å²) in [4.78, 5) is 0. The summed E-state index contributed by atoms with van der Waals surface area (Å²) in [6.07, 6.45) is 0. The average molecular weight is 270 g/mol. The number of benzene rings is 1.